The first-order valence-corrected chi connectivity index (χ1v) is 14.5. The van der Waals surface area contributed by atoms with Crippen LogP contribution in [0.25, 0.3) is 27.6 Å². The number of hydrogen-bond acceptors (Lipinski definition) is 7. The van der Waals surface area contributed by atoms with Gasteiger partial charge in [-0.05, 0) is 54.4 Å². The molecular formula is C33H28N4O4S. The number of para-hydroxylation sites is 2. The summed E-state index contributed by atoms with van der Waals surface area (Å²) in [5, 5.41) is 4.47. The molecule has 0 saturated heterocycles. The Hall–Kier alpha value is -4.89. The Morgan fingerprint density at radius 3 is 2.40 bits per heavy atom. The Bertz CT molecular complexity index is 1940. The number of carbonyl (C=O) groups is 2. The standard InChI is InChI=1S/C33H28N4O4S/c1-40-29-15-12-21(18-30(29)41-2)16-17-34-32(39)23-13-14-24-26(19-23)36-33(42-20-28(38)22-8-4-3-5-9-22)37-27-11-7-6-10-25(27)35-31(24)37/h3-15,18-19H,16-17,20H2,1-2H3,(H,34,39). The topological polar surface area (TPSA) is 94.8 Å². The Morgan fingerprint density at radius 2 is 1.60 bits per heavy atom. The highest BCUT2D eigenvalue weighted by Gasteiger charge is 2.17. The highest BCUT2D eigenvalue weighted by molar-refractivity contribution is 7.99. The SMILES string of the molecule is COc1ccc(CCNC(=O)c2ccc3c(c2)nc(SCC(=O)c2ccccc2)n2c4ccccc4nc32)cc1OC. The van der Waals surface area contributed by atoms with E-state index in [1.165, 1.54) is 11.8 Å². The molecule has 6 aromatic rings. The van der Waals surface area contributed by atoms with Gasteiger partial charge in [-0.2, -0.15) is 0 Å². The molecule has 6 rings (SSSR count). The lowest BCUT2D eigenvalue weighted by molar-refractivity contribution is 0.0953. The van der Waals surface area contributed by atoms with Crippen LogP contribution in [-0.4, -0.2) is 52.6 Å². The number of thioether (sulfide) groups is 1. The van der Waals surface area contributed by atoms with Crippen LogP contribution < -0.4 is 14.8 Å². The number of methoxy groups -OCH3 is 2. The number of Topliss-reactive ketones (excluding diaryl/α,β-unsaturated/α-hetero) is 1. The van der Waals surface area contributed by atoms with Gasteiger partial charge in [-0.25, -0.2) is 9.97 Å². The summed E-state index contributed by atoms with van der Waals surface area (Å²) in [7, 11) is 3.20. The van der Waals surface area contributed by atoms with Gasteiger partial charge < -0.3 is 14.8 Å². The molecule has 0 unspecified atom stereocenters. The van der Waals surface area contributed by atoms with Crippen LogP contribution in [0.15, 0.2) is 96.2 Å². The molecule has 4 aromatic carbocycles. The van der Waals surface area contributed by atoms with Gasteiger partial charge >= 0.3 is 0 Å². The molecule has 0 aliphatic rings. The van der Waals surface area contributed by atoms with Crippen molar-refractivity contribution in [1.29, 1.82) is 0 Å². The number of nitrogens with zero attached hydrogens (tertiary/aromatic N) is 3. The fourth-order valence-electron chi connectivity index (χ4n) is 4.90. The lowest BCUT2D eigenvalue weighted by Gasteiger charge is -2.11. The number of hydrogen-bond donors (Lipinski definition) is 1. The summed E-state index contributed by atoms with van der Waals surface area (Å²) in [5.41, 5.74) is 5.29. The summed E-state index contributed by atoms with van der Waals surface area (Å²) in [6.07, 6.45) is 0.634. The van der Waals surface area contributed by atoms with Crippen molar-refractivity contribution in [3.8, 4) is 11.5 Å². The number of ketones is 1. The molecule has 0 radical (unpaired) electrons. The number of imidazole rings is 1. The molecule has 9 heteroatoms. The molecule has 0 saturated carbocycles. The first-order chi connectivity index (χ1) is 20.6. The van der Waals surface area contributed by atoms with Crippen molar-refractivity contribution in [2.75, 3.05) is 26.5 Å². The second-order valence-corrected chi connectivity index (χ2v) is 10.6. The van der Waals surface area contributed by atoms with Gasteiger partial charge in [0.1, 0.15) is 5.65 Å². The Morgan fingerprint density at radius 1 is 0.810 bits per heavy atom. The van der Waals surface area contributed by atoms with Gasteiger partial charge in [0, 0.05) is 23.1 Å². The zero-order valence-corrected chi connectivity index (χ0v) is 24.0. The quantitative estimate of drug-likeness (QED) is 0.121. The van der Waals surface area contributed by atoms with E-state index in [0.29, 0.717) is 46.3 Å². The van der Waals surface area contributed by atoms with Crippen LogP contribution in [0.4, 0.5) is 0 Å². The molecular weight excluding hydrogens is 548 g/mol. The molecule has 0 fully saturated rings. The van der Waals surface area contributed by atoms with E-state index in [4.69, 9.17) is 19.4 Å². The zero-order chi connectivity index (χ0) is 29.1. The van der Waals surface area contributed by atoms with E-state index in [2.05, 4.69) is 5.32 Å². The summed E-state index contributed by atoms with van der Waals surface area (Å²) in [4.78, 5) is 35.8. The van der Waals surface area contributed by atoms with Crippen molar-refractivity contribution in [1.82, 2.24) is 19.7 Å². The number of rotatable bonds is 10. The molecule has 8 nitrogen and oxygen atoms in total. The third kappa shape index (κ3) is 5.38. The van der Waals surface area contributed by atoms with Crippen molar-refractivity contribution >= 4 is 51.0 Å². The number of benzene rings is 4. The third-order valence-corrected chi connectivity index (χ3v) is 7.98. The molecule has 2 aromatic heterocycles. The lowest BCUT2D eigenvalue weighted by atomic mass is 10.1. The monoisotopic (exact) mass is 576 g/mol. The smallest absolute Gasteiger partial charge is 0.251 e. The second kappa shape index (κ2) is 11.9. The number of aromatic nitrogens is 3. The average Bonchev–Trinajstić information content (AvgIpc) is 3.43. The number of carbonyl (C=O) groups excluding carboxylic acids is 2. The first-order valence-electron chi connectivity index (χ1n) is 13.5. The molecule has 0 spiro atoms. The van der Waals surface area contributed by atoms with E-state index in [0.717, 1.165) is 27.6 Å². The molecule has 1 amide bonds. The minimum absolute atomic E-state index is 0.0164. The molecule has 0 atom stereocenters. The van der Waals surface area contributed by atoms with Crippen LogP contribution in [0.2, 0.25) is 0 Å². The van der Waals surface area contributed by atoms with Crippen molar-refractivity contribution in [3.63, 3.8) is 0 Å². The number of amides is 1. The van der Waals surface area contributed by atoms with Crippen LogP contribution in [0.3, 0.4) is 0 Å². The minimum atomic E-state index is -0.194. The van der Waals surface area contributed by atoms with Gasteiger partial charge in [-0.1, -0.05) is 60.3 Å². The lowest BCUT2D eigenvalue weighted by Crippen LogP contribution is -2.25. The van der Waals surface area contributed by atoms with Crippen LogP contribution >= 0.6 is 11.8 Å². The summed E-state index contributed by atoms with van der Waals surface area (Å²) in [5.74, 6) is 1.36. The van der Waals surface area contributed by atoms with Gasteiger partial charge in [-0.15, -0.1) is 0 Å². The molecule has 1 N–H and O–H groups in total. The van der Waals surface area contributed by atoms with Crippen molar-refractivity contribution in [2.45, 2.75) is 11.6 Å². The van der Waals surface area contributed by atoms with Crippen LogP contribution in [-0.2, 0) is 6.42 Å². The summed E-state index contributed by atoms with van der Waals surface area (Å²) in [6, 6.07) is 28.3. The van der Waals surface area contributed by atoms with Crippen LogP contribution in [0.1, 0.15) is 26.3 Å². The maximum absolute atomic E-state index is 13.1. The molecule has 42 heavy (non-hydrogen) atoms. The highest BCUT2D eigenvalue weighted by atomic mass is 32.2. The van der Waals surface area contributed by atoms with E-state index in [9.17, 15) is 9.59 Å². The Balaban J connectivity index is 1.27. The van der Waals surface area contributed by atoms with E-state index in [1.54, 1.807) is 26.4 Å². The molecule has 210 valence electrons. The van der Waals surface area contributed by atoms with Gasteiger partial charge in [0.05, 0.1) is 36.5 Å². The number of ether oxygens (including phenoxy) is 2. The van der Waals surface area contributed by atoms with E-state index >= 15 is 0 Å². The second-order valence-electron chi connectivity index (χ2n) is 9.66. The minimum Gasteiger partial charge on any atom is -0.493 e. The highest BCUT2D eigenvalue weighted by Crippen LogP contribution is 2.30. The van der Waals surface area contributed by atoms with Crippen molar-refractivity contribution in [3.05, 3.63) is 108 Å². The van der Waals surface area contributed by atoms with Gasteiger partial charge in [0.25, 0.3) is 5.91 Å². The molecule has 0 aliphatic carbocycles. The summed E-state index contributed by atoms with van der Waals surface area (Å²) in [6.45, 7) is 0.452. The summed E-state index contributed by atoms with van der Waals surface area (Å²) >= 11 is 1.36. The maximum Gasteiger partial charge on any atom is 0.251 e. The van der Waals surface area contributed by atoms with Crippen molar-refractivity contribution in [2.24, 2.45) is 0 Å². The van der Waals surface area contributed by atoms with Gasteiger partial charge in [0.15, 0.2) is 22.4 Å². The average molecular weight is 577 g/mol. The number of nitrogens with one attached hydrogen (secondary N) is 1. The summed E-state index contributed by atoms with van der Waals surface area (Å²) < 4.78 is 12.7. The van der Waals surface area contributed by atoms with E-state index in [-0.39, 0.29) is 17.4 Å². The number of fused-ring (bicyclic) bond motifs is 5. The van der Waals surface area contributed by atoms with E-state index in [1.807, 2.05) is 83.3 Å². The van der Waals surface area contributed by atoms with Gasteiger partial charge in [0.2, 0.25) is 0 Å². The van der Waals surface area contributed by atoms with E-state index < -0.39 is 0 Å². The Labute approximate surface area is 246 Å². The van der Waals surface area contributed by atoms with Crippen LogP contribution in [0, 0.1) is 0 Å². The van der Waals surface area contributed by atoms with Crippen LogP contribution in [0.5, 0.6) is 11.5 Å². The largest absolute Gasteiger partial charge is 0.493 e. The first kappa shape index (κ1) is 27.3. The predicted octanol–water partition coefficient (Wildman–Crippen LogP) is 6.00. The fourth-order valence-corrected chi connectivity index (χ4v) is 5.80. The normalized spacial score (nSPS) is 11.2. The fraction of sp³-hybridized carbons (Fsp3) is 0.152. The molecule has 2 heterocycles. The Kier molecular flexibility index (Phi) is 7.74. The van der Waals surface area contributed by atoms with Crippen molar-refractivity contribution < 1.29 is 19.1 Å². The predicted molar refractivity (Wildman–Crippen MR) is 165 cm³/mol. The molecule has 0 aliphatic heterocycles. The zero-order valence-electron chi connectivity index (χ0n) is 23.2. The van der Waals surface area contributed by atoms with Gasteiger partial charge in [-0.3, -0.25) is 14.0 Å². The molecule has 0 bridgehead atoms. The maximum atomic E-state index is 13.1. The third-order valence-electron chi connectivity index (χ3n) is 7.04.